The minimum atomic E-state index is 0. The molecule has 2 saturated heterocycles. The molecule has 0 bridgehead atoms. The molecule has 26 heavy (non-hydrogen) atoms. The Labute approximate surface area is 175 Å². The molecule has 1 N–H and O–H groups in total. The number of likely N-dealkylation sites (tertiary alicyclic amines) is 1. The van der Waals surface area contributed by atoms with Crippen molar-refractivity contribution in [3.8, 4) is 0 Å². The van der Waals surface area contributed by atoms with Crippen molar-refractivity contribution in [2.45, 2.75) is 59.0 Å². The van der Waals surface area contributed by atoms with Crippen LogP contribution >= 0.6 is 24.0 Å². The van der Waals surface area contributed by atoms with E-state index in [1.807, 2.05) is 4.90 Å². The van der Waals surface area contributed by atoms with Crippen LogP contribution in [0.2, 0.25) is 0 Å². The maximum atomic E-state index is 12.6. The van der Waals surface area contributed by atoms with Crippen LogP contribution in [0.3, 0.4) is 0 Å². The summed E-state index contributed by atoms with van der Waals surface area (Å²) in [5, 5.41) is 3.65. The number of rotatable bonds is 4. The third-order valence-electron chi connectivity index (χ3n) is 6.06. The third kappa shape index (κ3) is 5.03. The zero-order chi connectivity index (χ0) is 18.0. The van der Waals surface area contributed by atoms with Crippen LogP contribution in [0.4, 0.5) is 0 Å². The van der Waals surface area contributed by atoms with Crippen LogP contribution in [0.5, 0.6) is 0 Å². The van der Waals surface area contributed by atoms with Gasteiger partial charge in [-0.3, -0.25) is 14.7 Å². The predicted octanol–water partition coefficient (Wildman–Crippen LogP) is 2.00. The van der Waals surface area contributed by atoms with Gasteiger partial charge in [0.05, 0.1) is 6.04 Å². The second kappa shape index (κ2) is 9.08. The number of hydrogen-bond acceptors (Lipinski definition) is 3. The quantitative estimate of drug-likeness (QED) is 0.383. The van der Waals surface area contributed by atoms with Gasteiger partial charge in [-0.05, 0) is 38.5 Å². The summed E-state index contributed by atoms with van der Waals surface area (Å²) in [5.74, 6) is 1.36. The van der Waals surface area contributed by atoms with E-state index in [1.54, 1.807) is 0 Å². The zero-order valence-corrected chi connectivity index (χ0v) is 19.2. The molecular formula is C19H36IN5O. The molecule has 2 heterocycles. The molecule has 1 amide bonds. The highest BCUT2D eigenvalue weighted by Crippen LogP contribution is 2.44. The summed E-state index contributed by atoms with van der Waals surface area (Å²) in [6.45, 7) is 15.2. The maximum Gasteiger partial charge on any atom is 0.239 e. The van der Waals surface area contributed by atoms with Crippen LogP contribution in [0, 0.1) is 5.41 Å². The van der Waals surface area contributed by atoms with E-state index in [0.29, 0.717) is 17.4 Å². The normalized spacial score (nSPS) is 27.1. The number of amides is 1. The van der Waals surface area contributed by atoms with Crippen LogP contribution in [0.25, 0.3) is 0 Å². The highest BCUT2D eigenvalue weighted by molar-refractivity contribution is 14.0. The van der Waals surface area contributed by atoms with E-state index in [-0.39, 0.29) is 30.0 Å². The Kier molecular flexibility index (Phi) is 7.59. The zero-order valence-electron chi connectivity index (χ0n) is 16.8. The minimum absolute atomic E-state index is 0. The lowest BCUT2D eigenvalue weighted by Crippen LogP contribution is -2.57. The topological polar surface area (TPSA) is 51.2 Å². The summed E-state index contributed by atoms with van der Waals surface area (Å²) in [7, 11) is 0. The van der Waals surface area contributed by atoms with Gasteiger partial charge in [0.2, 0.25) is 5.91 Å². The molecule has 2 aliphatic heterocycles. The van der Waals surface area contributed by atoms with E-state index in [1.165, 1.54) is 6.42 Å². The molecule has 0 aromatic heterocycles. The van der Waals surface area contributed by atoms with E-state index in [0.717, 1.165) is 64.6 Å². The Morgan fingerprint density at radius 2 is 1.69 bits per heavy atom. The molecule has 3 aliphatic rings. The second-order valence-electron chi connectivity index (χ2n) is 8.42. The number of carbonyl (C=O) groups excluding carboxylic acids is 1. The molecule has 1 saturated carbocycles. The first-order chi connectivity index (χ1) is 11.9. The van der Waals surface area contributed by atoms with Crippen molar-refractivity contribution in [2.75, 3.05) is 45.8 Å². The molecule has 150 valence electrons. The van der Waals surface area contributed by atoms with E-state index >= 15 is 0 Å². The van der Waals surface area contributed by atoms with Gasteiger partial charge in [0.25, 0.3) is 0 Å². The SMILES string of the molecule is CCN=C(NC1CC1(C)C)N1CCN(C(C)C(=O)N2CCCC2)CC1.I. The molecule has 7 heteroatoms. The van der Waals surface area contributed by atoms with Crippen LogP contribution in [0.1, 0.15) is 47.0 Å². The predicted molar refractivity (Wildman–Crippen MR) is 117 cm³/mol. The first-order valence-corrected chi connectivity index (χ1v) is 10.0. The summed E-state index contributed by atoms with van der Waals surface area (Å²) in [4.78, 5) is 24.1. The van der Waals surface area contributed by atoms with Crippen molar-refractivity contribution in [2.24, 2.45) is 10.4 Å². The average Bonchev–Trinajstić information content (AvgIpc) is 3.01. The molecule has 3 fully saturated rings. The van der Waals surface area contributed by atoms with Crippen LogP contribution in [-0.4, -0.2) is 84.5 Å². The number of nitrogens with one attached hydrogen (secondary N) is 1. The summed E-state index contributed by atoms with van der Waals surface area (Å²) < 4.78 is 0. The second-order valence-corrected chi connectivity index (χ2v) is 8.42. The van der Waals surface area contributed by atoms with Gasteiger partial charge in [-0.2, -0.15) is 0 Å². The fourth-order valence-corrected chi connectivity index (χ4v) is 3.94. The number of piperazine rings is 1. The van der Waals surface area contributed by atoms with Gasteiger partial charge in [0.15, 0.2) is 5.96 Å². The van der Waals surface area contributed by atoms with E-state index in [2.05, 4.69) is 42.8 Å². The molecular weight excluding hydrogens is 441 g/mol. The number of aliphatic imine (C=N–C) groups is 1. The Morgan fingerprint density at radius 1 is 1.12 bits per heavy atom. The van der Waals surface area contributed by atoms with Crippen molar-refractivity contribution in [3.05, 3.63) is 0 Å². The molecule has 2 atom stereocenters. The third-order valence-corrected chi connectivity index (χ3v) is 6.06. The molecule has 0 aromatic carbocycles. The van der Waals surface area contributed by atoms with E-state index in [4.69, 9.17) is 4.99 Å². The molecule has 0 aromatic rings. The van der Waals surface area contributed by atoms with Crippen LogP contribution < -0.4 is 5.32 Å². The van der Waals surface area contributed by atoms with Crippen LogP contribution in [-0.2, 0) is 4.79 Å². The molecule has 0 spiro atoms. The van der Waals surface area contributed by atoms with Crippen molar-refractivity contribution in [3.63, 3.8) is 0 Å². The molecule has 3 rings (SSSR count). The van der Waals surface area contributed by atoms with Gasteiger partial charge in [0, 0.05) is 51.9 Å². The highest BCUT2D eigenvalue weighted by Gasteiger charge is 2.46. The standard InChI is InChI=1S/C19H35N5O.HI/c1-5-20-18(21-16-14-19(16,3)4)24-12-10-22(11-13-24)15(2)17(25)23-8-6-7-9-23;/h15-16H,5-14H2,1-4H3,(H,20,21);1H. The molecule has 6 nitrogen and oxygen atoms in total. The number of guanidine groups is 1. The number of nitrogens with zero attached hydrogens (tertiary/aromatic N) is 4. The molecule has 1 aliphatic carbocycles. The summed E-state index contributed by atoms with van der Waals surface area (Å²) in [5.41, 5.74) is 0.396. The van der Waals surface area contributed by atoms with E-state index in [9.17, 15) is 4.79 Å². The van der Waals surface area contributed by atoms with Gasteiger partial charge in [-0.25, -0.2) is 0 Å². The van der Waals surface area contributed by atoms with Gasteiger partial charge in [-0.15, -0.1) is 24.0 Å². The lowest BCUT2D eigenvalue weighted by atomic mass is 10.2. The average molecular weight is 477 g/mol. The first kappa shape index (κ1) is 21.7. The van der Waals surface area contributed by atoms with Crippen LogP contribution in [0.15, 0.2) is 4.99 Å². The smallest absolute Gasteiger partial charge is 0.239 e. The Hall–Kier alpha value is -0.570. The molecule has 2 unspecified atom stereocenters. The Bertz CT molecular complexity index is 510. The van der Waals surface area contributed by atoms with Crippen molar-refractivity contribution in [1.82, 2.24) is 20.0 Å². The van der Waals surface area contributed by atoms with Gasteiger partial charge < -0.3 is 15.1 Å². The van der Waals surface area contributed by atoms with Gasteiger partial charge in [0.1, 0.15) is 0 Å². The van der Waals surface area contributed by atoms with Gasteiger partial charge >= 0.3 is 0 Å². The summed E-state index contributed by atoms with van der Waals surface area (Å²) >= 11 is 0. The fraction of sp³-hybridized carbons (Fsp3) is 0.895. The van der Waals surface area contributed by atoms with E-state index < -0.39 is 0 Å². The van der Waals surface area contributed by atoms with Crippen molar-refractivity contribution >= 4 is 35.8 Å². The summed E-state index contributed by atoms with van der Waals surface area (Å²) in [6, 6.07) is 0.550. The number of hydrogen-bond donors (Lipinski definition) is 1. The number of carbonyl (C=O) groups is 1. The minimum Gasteiger partial charge on any atom is -0.353 e. The lowest BCUT2D eigenvalue weighted by Gasteiger charge is -2.39. The maximum absolute atomic E-state index is 12.6. The Morgan fingerprint density at radius 3 is 2.19 bits per heavy atom. The first-order valence-electron chi connectivity index (χ1n) is 10.0. The molecule has 0 radical (unpaired) electrons. The summed E-state index contributed by atoms with van der Waals surface area (Å²) in [6.07, 6.45) is 3.54. The highest BCUT2D eigenvalue weighted by atomic mass is 127. The monoisotopic (exact) mass is 477 g/mol. The fourth-order valence-electron chi connectivity index (χ4n) is 3.94. The van der Waals surface area contributed by atoms with Crippen molar-refractivity contribution < 1.29 is 4.79 Å². The van der Waals surface area contributed by atoms with Crippen molar-refractivity contribution in [1.29, 1.82) is 0 Å². The lowest BCUT2D eigenvalue weighted by molar-refractivity contribution is -0.135. The number of halogens is 1. The van der Waals surface area contributed by atoms with Gasteiger partial charge in [-0.1, -0.05) is 13.8 Å². The Balaban J connectivity index is 0.00000243. The largest absolute Gasteiger partial charge is 0.353 e.